The van der Waals surface area contributed by atoms with Gasteiger partial charge in [0.2, 0.25) is 0 Å². The summed E-state index contributed by atoms with van der Waals surface area (Å²) in [6.07, 6.45) is 0. The van der Waals surface area contributed by atoms with Gasteiger partial charge in [-0.1, -0.05) is 4.49 Å². The SMILES string of the molecule is O=C(Nc1nc(CCl)cs1)c1csnn1. The molecule has 0 fully saturated rings. The topological polar surface area (TPSA) is 67.8 Å². The molecule has 0 bridgehead atoms. The fraction of sp³-hybridized carbons (Fsp3) is 0.143. The number of hydrogen-bond acceptors (Lipinski definition) is 6. The van der Waals surface area contributed by atoms with Crippen molar-refractivity contribution >= 4 is 45.5 Å². The minimum atomic E-state index is -0.306. The summed E-state index contributed by atoms with van der Waals surface area (Å²) in [4.78, 5) is 15.6. The molecule has 0 aliphatic rings. The molecule has 2 aromatic rings. The number of thiazole rings is 1. The van der Waals surface area contributed by atoms with Crippen LogP contribution in [0.1, 0.15) is 16.2 Å². The molecule has 0 spiro atoms. The van der Waals surface area contributed by atoms with Crippen LogP contribution in [0.3, 0.4) is 0 Å². The first-order chi connectivity index (χ1) is 7.29. The molecule has 0 radical (unpaired) electrons. The Labute approximate surface area is 98.3 Å². The number of nitrogens with one attached hydrogen (secondary N) is 1. The lowest BCUT2D eigenvalue weighted by Gasteiger charge is -1.95. The van der Waals surface area contributed by atoms with Gasteiger partial charge in [0.25, 0.3) is 5.91 Å². The van der Waals surface area contributed by atoms with Gasteiger partial charge in [0.15, 0.2) is 10.8 Å². The molecule has 0 aliphatic carbocycles. The molecule has 0 atom stereocenters. The highest BCUT2D eigenvalue weighted by atomic mass is 35.5. The van der Waals surface area contributed by atoms with E-state index in [0.29, 0.717) is 16.7 Å². The third-order valence-electron chi connectivity index (χ3n) is 1.50. The van der Waals surface area contributed by atoms with Crippen LogP contribution >= 0.6 is 34.5 Å². The van der Waals surface area contributed by atoms with Crippen LogP contribution in [-0.4, -0.2) is 20.5 Å². The van der Waals surface area contributed by atoms with Crippen LogP contribution in [-0.2, 0) is 5.88 Å². The zero-order valence-electron chi connectivity index (χ0n) is 7.31. The smallest absolute Gasteiger partial charge is 0.278 e. The van der Waals surface area contributed by atoms with Crippen LogP contribution < -0.4 is 5.32 Å². The number of rotatable bonds is 3. The maximum atomic E-state index is 11.5. The zero-order valence-corrected chi connectivity index (χ0v) is 9.70. The van der Waals surface area contributed by atoms with Crippen molar-refractivity contribution in [2.75, 3.05) is 5.32 Å². The largest absolute Gasteiger partial charge is 0.296 e. The number of amides is 1. The van der Waals surface area contributed by atoms with E-state index in [1.165, 1.54) is 11.3 Å². The summed E-state index contributed by atoms with van der Waals surface area (Å²) in [5.74, 6) is 0.0316. The van der Waals surface area contributed by atoms with E-state index in [1.54, 1.807) is 10.8 Å². The molecule has 0 saturated heterocycles. The van der Waals surface area contributed by atoms with Gasteiger partial charge >= 0.3 is 0 Å². The van der Waals surface area contributed by atoms with E-state index < -0.39 is 0 Å². The monoisotopic (exact) mass is 260 g/mol. The van der Waals surface area contributed by atoms with Crippen molar-refractivity contribution in [3.8, 4) is 0 Å². The second kappa shape index (κ2) is 4.65. The Kier molecular flexibility index (Phi) is 3.24. The van der Waals surface area contributed by atoms with Crippen LogP contribution in [0.2, 0.25) is 0 Å². The van der Waals surface area contributed by atoms with Gasteiger partial charge in [-0.15, -0.1) is 28.0 Å². The quantitative estimate of drug-likeness (QED) is 0.857. The molecule has 0 saturated carbocycles. The molecule has 2 rings (SSSR count). The molecule has 2 heterocycles. The molecule has 0 aliphatic heterocycles. The predicted molar refractivity (Wildman–Crippen MR) is 59.5 cm³/mol. The average molecular weight is 261 g/mol. The summed E-state index contributed by atoms with van der Waals surface area (Å²) in [5, 5.41) is 10.1. The van der Waals surface area contributed by atoms with Gasteiger partial charge < -0.3 is 0 Å². The van der Waals surface area contributed by atoms with Crippen molar-refractivity contribution in [3.63, 3.8) is 0 Å². The van der Waals surface area contributed by atoms with Crippen molar-refractivity contribution in [2.24, 2.45) is 0 Å². The minimum Gasteiger partial charge on any atom is -0.296 e. The summed E-state index contributed by atoms with van der Waals surface area (Å²) in [5.41, 5.74) is 1.04. The second-order valence-corrected chi connectivity index (χ2v) is 4.26. The van der Waals surface area contributed by atoms with Gasteiger partial charge in [-0.2, -0.15) is 0 Å². The van der Waals surface area contributed by atoms with E-state index in [1.807, 2.05) is 0 Å². The minimum absolute atomic E-state index is 0.294. The van der Waals surface area contributed by atoms with Crippen molar-refractivity contribution in [3.05, 3.63) is 22.1 Å². The van der Waals surface area contributed by atoms with E-state index in [2.05, 4.69) is 19.9 Å². The summed E-state index contributed by atoms with van der Waals surface area (Å²) < 4.78 is 3.60. The van der Waals surface area contributed by atoms with Crippen molar-refractivity contribution in [2.45, 2.75) is 5.88 Å². The Bertz CT molecular complexity index is 455. The summed E-state index contributed by atoms with van der Waals surface area (Å²) >= 11 is 8.04. The van der Waals surface area contributed by atoms with Gasteiger partial charge in [-0.3, -0.25) is 10.1 Å². The molecular formula is C7H5ClN4OS2. The molecule has 2 aromatic heterocycles. The molecule has 5 nitrogen and oxygen atoms in total. The Hall–Kier alpha value is -1.05. The Morgan fingerprint density at radius 2 is 2.40 bits per heavy atom. The fourth-order valence-corrected chi connectivity index (χ4v) is 2.22. The number of carbonyl (C=O) groups is 1. The first-order valence-electron chi connectivity index (χ1n) is 3.88. The van der Waals surface area contributed by atoms with Crippen molar-refractivity contribution < 1.29 is 4.79 Å². The van der Waals surface area contributed by atoms with E-state index in [9.17, 15) is 4.79 Å². The molecule has 0 aromatic carbocycles. The van der Waals surface area contributed by atoms with Crippen LogP contribution in [0.15, 0.2) is 10.8 Å². The number of alkyl halides is 1. The first kappa shape index (κ1) is 10.5. The molecule has 8 heteroatoms. The highest BCUT2D eigenvalue weighted by Crippen LogP contribution is 2.17. The summed E-state index contributed by atoms with van der Waals surface area (Å²) in [6, 6.07) is 0. The third kappa shape index (κ3) is 2.49. The van der Waals surface area contributed by atoms with Crippen molar-refractivity contribution in [1.82, 2.24) is 14.6 Å². The van der Waals surface area contributed by atoms with Crippen LogP contribution in [0.25, 0.3) is 0 Å². The lowest BCUT2D eigenvalue weighted by atomic mass is 10.5. The normalized spacial score (nSPS) is 10.2. The molecule has 78 valence electrons. The van der Waals surface area contributed by atoms with Gasteiger partial charge in [0, 0.05) is 10.8 Å². The lowest BCUT2D eigenvalue weighted by molar-refractivity contribution is 0.102. The van der Waals surface area contributed by atoms with Gasteiger partial charge in [-0.25, -0.2) is 4.98 Å². The molecular weight excluding hydrogens is 256 g/mol. The third-order valence-corrected chi connectivity index (χ3v) is 3.09. The molecule has 1 N–H and O–H groups in total. The van der Waals surface area contributed by atoms with Crippen molar-refractivity contribution in [1.29, 1.82) is 0 Å². The standard InChI is InChI=1S/C7H5ClN4OS2/c8-1-4-2-14-7(9-4)10-6(13)5-3-15-12-11-5/h2-3H,1H2,(H,9,10,13). The van der Waals surface area contributed by atoms with Crippen LogP contribution in [0.5, 0.6) is 0 Å². The van der Waals surface area contributed by atoms with Crippen LogP contribution in [0.4, 0.5) is 5.13 Å². The maximum Gasteiger partial charge on any atom is 0.278 e. The van der Waals surface area contributed by atoms with E-state index >= 15 is 0 Å². The average Bonchev–Trinajstić information content (AvgIpc) is 2.87. The fourth-order valence-electron chi connectivity index (χ4n) is 0.850. The number of nitrogens with zero attached hydrogens (tertiary/aromatic N) is 3. The second-order valence-electron chi connectivity index (χ2n) is 2.52. The molecule has 1 amide bonds. The summed E-state index contributed by atoms with van der Waals surface area (Å²) in [6.45, 7) is 0. The van der Waals surface area contributed by atoms with Gasteiger partial charge in [-0.05, 0) is 11.5 Å². The highest BCUT2D eigenvalue weighted by Gasteiger charge is 2.10. The Morgan fingerprint density at radius 1 is 1.53 bits per heavy atom. The van der Waals surface area contributed by atoms with E-state index in [0.717, 1.165) is 17.2 Å². The Balaban J connectivity index is 2.06. The molecule has 15 heavy (non-hydrogen) atoms. The van der Waals surface area contributed by atoms with E-state index in [4.69, 9.17) is 11.6 Å². The predicted octanol–water partition coefficient (Wildman–Crippen LogP) is 1.99. The molecule has 0 unspecified atom stereocenters. The number of hydrogen-bond donors (Lipinski definition) is 1. The Morgan fingerprint density at radius 3 is 3.00 bits per heavy atom. The summed E-state index contributed by atoms with van der Waals surface area (Å²) in [7, 11) is 0. The first-order valence-corrected chi connectivity index (χ1v) is 6.13. The zero-order chi connectivity index (χ0) is 10.7. The number of anilines is 1. The van der Waals surface area contributed by atoms with Gasteiger partial charge in [0.05, 0.1) is 11.6 Å². The number of carbonyl (C=O) groups excluding carboxylic acids is 1. The number of halogens is 1. The maximum absolute atomic E-state index is 11.5. The lowest BCUT2D eigenvalue weighted by Crippen LogP contribution is -2.12. The highest BCUT2D eigenvalue weighted by molar-refractivity contribution is 7.14. The number of aromatic nitrogens is 3. The van der Waals surface area contributed by atoms with Crippen LogP contribution in [0, 0.1) is 0 Å². The van der Waals surface area contributed by atoms with Gasteiger partial charge in [0.1, 0.15) is 0 Å². The van der Waals surface area contributed by atoms with E-state index in [-0.39, 0.29) is 5.91 Å².